The summed E-state index contributed by atoms with van der Waals surface area (Å²) in [6, 6.07) is 9.74. The van der Waals surface area contributed by atoms with Gasteiger partial charge in [-0.25, -0.2) is 13.6 Å². The van der Waals surface area contributed by atoms with Gasteiger partial charge in [0, 0.05) is 26.6 Å². The zero-order valence-corrected chi connectivity index (χ0v) is 15.6. The Morgan fingerprint density at radius 2 is 1.93 bits per heavy atom. The van der Waals surface area contributed by atoms with Gasteiger partial charge in [0.2, 0.25) is 0 Å². The first-order valence-electron chi connectivity index (χ1n) is 8.07. The summed E-state index contributed by atoms with van der Waals surface area (Å²) in [6.07, 6.45) is 0. The summed E-state index contributed by atoms with van der Waals surface area (Å²) < 4.78 is 28.4. The Morgan fingerprint density at radius 1 is 1.19 bits per heavy atom. The van der Waals surface area contributed by atoms with E-state index < -0.39 is 29.1 Å². The van der Waals surface area contributed by atoms with E-state index in [0.717, 1.165) is 21.1 Å². The van der Waals surface area contributed by atoms with E-state index >= 15 is 0 Å². The van der Waals surface area contributed by atoms with E-state index in [1.807, 2.05) is 24.3 Å². The number of imide groups is 1. The zero-order chi connectivity index (χ0) is 19.3. The third-order valence-corrected chi connectivity index (χ3v) is 6.35. The van der Waals surface area contributed by atoms with Crippen molar-refractivity contribution in [2.75, 3.05) is 0 Å². The van der Waals surface area contributed by atoms with Crippen LogP contribution in [-0.2, 0) is 16.9 Å². The molecule has 2 aromatic carbocycles. The minimum absolute atomic E-state index is 0.0265. The van der Waals surface area contributed by atoms with Crippen LogP contribution < -0.4 is 5.32 Å². The Kier molecular flexibility index (Phi) is 4.16. The van der Waals surface area contributed by atoms with E-state index in [1.54, 1.807) is 0 Å². The lowest BCUT2D eigenvalue weighted by Gasteiger charge is -2.22. The maximum Gasteiger partial charge on any atom is 0.325 e. The summed E-state index contributed by atoms with van der Waals surface area (Å²) in [7, 11) is 0. The molecule has 8 heteroatoms. The average Bonchev–Trinajstić information content (AvgIpc) is 3.05. The molecule has 1 fully saturated rings. The van der Waals surface area contributed by atoms with E-state index in [-0.39, 0.29) is 12.1 Å². The van der Waals surface area contributed by atoms with Gasteiger partial charge in [-0.1, -0.05) is 35.9 Å². The van der Waals surface area contributed by atoms with Crippen molar-refractivity contribution in [1.29, 1.82) is 0 Å². The lowest BCUT2D eigenvalue weighted by Crippen LogP contribution is -2.41. The van der Waals surface area contributed by atoms with Crippen LogP contribution in [0.1, 0.15) is 17.4 Å². The highest BCUT2D eigenvalue weighted by Gasteiger charge is 2.50. The molecule has 0 saturated carbocycles. The van der Waals surface area contributed by atoms with Gasteiger partial charge in [0.15, 0.2) is 0 Å². The topological polar surface area (TPSA) is 49.4 Å². The maximum absolute atomic E-state index is 14.2. The van der Waals surface area contributed by atoms with Crippen LogP contribution in [0, 0.1) is 11.6 Å². The van der Waals surface area contributed by atoms with E-state index in [2.05, 4.69) is 5.32 Å². The van der Waals surface area contributed by atoms with Crippen LogP contribution in [0.15, 0.2) is 42.5 Å². The number of thiophene rings is 1. The summed E-state index contributed by atoms with van der Waals surface area (Å²) in [5.74, 6) is -2.27. The van der Waals surface area contributed by atoms with Gasteiger partial charge in [-0.15, -0.1) is 11.3 Å². The molecule has 1 saturated heterocycles. The average molecular weight is 407 g/mol. The minimum Gasteiger partial charge on any atom is -0.319 e. The molecular weight excluding hydrogens is 394 g/mol. The second kappa shape index (κ2) is 6.28. The Bertz CT molecular complexity index is 1100. The molecule has 1 aliphatic heterocycles. The van der Waals surface area contributed by atoms with Gasteiger partial charge in [-0.05, 0) is 19.1 Å². The van der Waals surface area contributed by atoms with Gasteiger partial charge in [0.25, 0.3) is 5.91 Å². The molecule has 4 rings (SSSR count). The number of nitrogens with one attached hydrogen (secondary N) is 1. The van der Waals surface area contributed by atoms with Crippen molar-refractivity contribution in [1.82, 2.24) is 10.2 Å². The molecule has 1 N–H and O–H groups in total. The van der Waals surface area contributed by atoms with Crippen LogP contribution in [0.2, 0.25) is 5.02 Å². The molecule has 3 aromatic rings. The molecule has 1 unspecified atom stereocenters. The van der Waals surface area contributed by atoms with Crippen LogP contribution in [0.4, 0.5) is 13.6 Å². The third-order valence-electron chi connectivity index (χ3n) is 4.65. The van der Waals surface area contributed by atoms with E-state index in [1.165, 1.54) is 24.3 Å². The quantitative estimate of drug-likeness (QED) is 0.635. The van der Waals surface area contributed by atoms with Gasteiger partial charge < -0.3 is 5.32 Å². The predicted molar refractivity (Wildman–Crippen MR) is 99.6 cm³/mol. The molecule has 0 aliphatic carbocycles. The molecule has 0 bridgehead atoms. The van der Waals surface area contributed by atoms with Gasteiger partial charge in [0.05, 0.1) is 11.6 Å². The van der Waals surface area contributed by atoms with Crippen LogP contribution >= 0.6 is 22.9 Å². The van der Waals surface area contributed by atoms with Crippen LogP contribution in [0.3, 0.4) is 0 Å². The summed E-state index contributed by atoms with van der Waals surface area (Å²) in [5, 5.41) is 3.85. The van der Waals surface area contributed by atoms with Crippen LogP contribution in [0.5, 0.6) is 0 Å². The zero-order valence-electron chi connectivity index (χ0n) is 14.1. The first-order valence-corrected chi connectivity index (χ1v) is 9.26. The lowest BCUT2D eigenvalue weighted by molar-refractivity contribution is -0.131. The van der Waals surface area contributed by atoms with Gasteiger partial charge in [-0.3, -0.25) is 9.69 Å². The number of urea groups is 1. The number of amides is 3. The number of carbonyl (C=O) groups excluding carboxylic acids is 2. The predicted octanol–water partition coefficient (Wildman–Crippen LogP) is 4.80. The normalized spacial score (nSPS) is 19.8. The molecule has 1 atom stereocenters. The summed E-state index contributed by atoms with van der Waals surface area (Å²) in [5.41, 5.74) is -1.70. The standard InChI is InChI=1S/C19H13ClF2N2O2S/c1-19(12-7-6-10(21)8-13(12)22)17(25)24(18(26)23-19)9-15-16(20)11-4-2-3-5-14(11)27-15/h2-8H,9H2,1H3,(H,23,26). The number of rotatable bonds is 3. The Hall–Kier alpha value is -2.51. The van der Waals surface area contributed by atoms with E-state index in [4.69, 9.17) is 11.6 Å². The number of benzene rings is 2. The first-order chi connectivity index (χ1) is 12.8. The number of nitrogens with zero attached hydrogens (tertiary/aromatic N) is 1. The monoisotopic (exact) mass is 406 g/mol. The Labute approximate surface area is 162 Å². The fourth-order valence-electron chi connectivity index (χ4n) is 3.23. The summed E-state index contributed by atoms with van der Waals surface area (Å²) >= 11 is 7.79. The second-order valence-corrected chi connectivity index (χ2v) is 7.92. The van der Waals surface area contributed by atoms with Gasteiger partial charge in [0.1, 0.15) is 17.2 Å². The van der Waals surface area contributed by atoms with Crippen molar-refractivity contribution in [3.63, 3.8) is 0 Å². The molecule has 3 amide bonds. The number of hydrogen-bond acceptors (Lipinski definition) is 3. The second-order valence-electron chi connectivity index (χ2n) is 6.41. The molecule has 138 valence electrons. The van der Waals surface area contributed by atoms with E-state index in [0.29, 0.717) is 16.0 Å². The van der Waals surface area contributed by atoms with Crippen molar-refractivity contribution in [2.24, 2.45) is 0 Å². The van der Waals surface area contributed by atoms with Gasteiger partial charge >= 0.3 is 6.03 Å². The van der Waals surface area contributed by atoms with E-state index in [9.17, 15) is 18.4 Å². The van der Waals surface area contributed by atoms with Crippen molar-refractivity contribution in [3.8, 4) is 0 Å². The highest BCUT2D eigenvalue weighted by molar-refractivity contribution is 7.19. The first kappa shape index (κ1) is 17.9. The minimum atomic E-state index is -1.61. The SMILES string of the molecule is CC1(c2ccc(F)cc2F)NC(=O)N(Cc2sc3ccccc3c2Cl)C1=O. The molecule has 27 heavy (non-hydrogen) atoms. The highest BCUT2D eigenvalue weighted by Crippen LogP contribution is 2.38. The smallest absolute Gasteiger partial charge is 0.319 e. The van der Waals surface area contributed by atoms with Crippen molar-refractivity contribution < 1.29 is 18.4 Å². The number of carbonyl (C=O) groups is 2. The number of fused-ring (bicyclic) bond motifs is 1. The van der Waals surface area contributed by atoms with Crippen LogP contribution in [-0.4, -0.2) is 16.8 Å². The fourth-order valence-corrected chi connectivity index (χ4v) is 4.71. The molecule has 4 nitrogen and oxygen atoms in total. The Morgan fingerprint density at radius 3 is 2.63 bits per heavy atom. The maximum atomic E-state index is 14.2. The molecular formula is C19H13ClF2N2O2S. The molecule has 1 aliphatic rings. The Balaban J connectivity index is 1.69. The van der Waals surface area contributed by atoms with Gasteiger partial charge in [-0.2, -0.15) is 0 Å². The number of halogens is 3. The molecule has 0 radical (unpaired) electrons. The lowest BCUT2D eigenvalue weighted by atomic mass is 9.91. The van der Waals surface area contributed by atoms with Crippen LogP contribution in [0.25, 0.3) is 10.1 Å². The highest BCUT2D eigenvalue weighted by atomic mass is 35.5. The molecule has 1 aromatic heterocycles. The van der Waals surface area contributed by atoms with Crippen molar-refractivity contribution in [3.05, 3.63) is 69.6 Å². The summed E-state index contributed by atoms with van der Waals surface area (Å²) in [4.78, 5) is 27.0. The number of hydrogen-bond donors (Lipinski definition) is 1. The third kappa shape index (κ3) is 2.78. The van der Waals surface area contributed by atoms with Crippen molar-refractivity contribution in [2.45, 2.75) is 19.0 Å². The van der Waals surface area contributed by atoms with Crippen molar-refractivity contribution >= 4 is 45.0 Å². The molecule has 2 heterocycles. The molecule has 0 spiro atoms. The fraction of sp³-hybridized carbons (Fsp3) is 0.158. The summed E-state index contributed by atoms with van der Waals surface area (Å²) in [6.45, 7) is 1.37. The largest absolute Gasteiger partial charge is 0.325 e.